The third kappa shape index (κ3) is 3.62. The summed E-state index contributed by atoms with van der Waals surface area (Å²) in [4.78, 5) is 4.30. The van der Waals surface area contributed by atoms with Crippen LogP contribution in [0.5, 0.6) is 5.75 Å². The summed E-state index contributed by atoms with van der Waals surface area (Å²) in [5.41, 5.74) is 0.877. The van der Waals surface area contributed by atoms with Gasteiger partial charge in [0.05, 0.1) is 0 Å². The van der Waals surface area contributed by atoms with Crippen LogP contribution in [0.1, 0.15) is 5.89 Å². The van der Waals surface area contributed by atoms with Crippen molar-refractivity contribution in [1.29, 1.82) is 0 Å². The van der Waals surface area contributed by atoms with Crippen LogP contribution in [-0.4, -0.2) is 10.1 Å². The van der Waals surface area contributed by atoms with E-state index in [1.807, 2.05) is 36.4 Å². The average molecular weight is 366 g/mol. The highest BCUT2D eigenvalue weighted by atomic mass is 79.9. The summed E-state index contributed by atoms with van der Waals surface area (Å²) >= 11 is 9.30. The molecule has 4 nitrogen and oxygen atoms in total. The highest BCUT2D eigenvalue weighted by molar-refractivity contribution is 9.10. The Balaban J connectivity index is 1.71. The van der Waals surface area contributed by atoms with Crippen molar-refractivity contribution in [3.63, 3.8) is 0 Å². The first-order chi connectivity index (χ1) is 10.2. The van der Waals surface area contributed by atoms with Crippen LogP contribution in [0.2, 0.25) is 5.02 Å². The molecule has 3 rings (SSSR count). The van der Waals surface area contributed by atoms with Crippen molar-refractivity contribution in [3.05, 3.63) is 63.9 Å². The zero-order valence-electron chi connectivity index (χ0n) is 10.8. The molecule has 0 aliphatic heterocycles. The van der Waals surface area contributed by atoms with Crippen molar-refractivity contribution in [3.8, 4) is 17.1 Å². The number of hydrogen-bond acceptors (Lipinski definition) is 4. The Morgan fingerprint density at radius 1 is 1.14 bits per heavy atom. The van der Waals surface area contributed by atoms with Gasteiger partial charge in [0.15, 0.2) is 6.61 Å². The second-order valence-electron chi connectivity index (χ2n) is 4.27. The molecule has 0 aliphatic carbocycles. The molecular weight excluding hydrogens is 356 g/mol. The molecule has 0 N–H and O–H groups in total. The standard InChI is InChI=1S/C15H10BrClN2O2/c16-11-4-1-3-10(7-11)15-18-14(21-19-15)9-20-13-6-2-5-12(17)8-13/h1-8H,9H2. The smallest absolute Gasteiger partial charge is 0.264 e. The van der Waals surface area contributed by atoms with Gasteiger partial charge < -0.3 is 9.26 Å². The minimum absolute atomic E-state index is 0.196. The predicted octanol–water partition coefficient (Wildman–Crippen LogP) is 4.73. The fourth-order valence-electron chi connectivity index (χ4n) is 1.76. The van der Waals surface area contributed by atoms with Crippen LogP contribution in [-0.2, 0) is 6.61 Å². The van der Waals surface area contributed by atoms with Gasteiger partial charge in [-0.1, -0.05) is 50.9 Å². The highest BCUT2D eigenvalue weighted by Crippen LogP contribution is 2.21. The predicted molar refractivity (Wildman–Crippen MR) is 83.2 cm³/mol. The van der Waals surface area contributed by atoms with Crippen molar-refractivity contribution in [2.24, 2.45) is 0 Å². The van der Waals surface area contributed by atoms with E-state index >= 15 is 0 Å². The number of nitrogens with zero attached hydrogens (tertiary/aromatic N) is 2. The maximum atomic E-state index is 5.89. The van der Waals surface area contributed by atoms with Crippen LogP contribution in [0.15, 0.2) is 57.5 Å². The quantitative estimate of drug-likeness (QED) is 0.670. The fraction of sp³-hybridized carbons (Fsp3) is 0.0667. The first kappa shape index (κ1) is 14.1. The van der Waals surface area contributed by atoms with E-state index < -0.39 is 0 Å². The number of halogens is 2. The Morgan fingerprint density at radius 2 is 2.00 bits per heavy atom. The first-order valence-electron chi connectivity index (χ1n) is 6.17. The van der Waals surface area contributed by atoms with Crippen molar-refractivity contribution >= 4 is 27.5 Å². The molecule has 0 saturated heterocycles. The summed E-state index contributed by atoms with van der Waals surface area (Å²) < 4.78 is 11.7. The third-order valence-corrected chi connectivity index (χ3v) is 3.44. The molecule has 2 aromatic carbocycles. The summed E-state index contributed by atoms with van der Waals surface area (Å²) in [5, 5.41) is 4.56. The van der Waals surface area contributed by atoms with Gasteiger partial charge >= 0.3 is 0 Å². The number of ether oxygens (including phenoxy) is 1. The van der Waals surface area contributed by atoms with Crippen LogP contribution in [0.4, 0.5) is 0 Å². The van der Waals surface area contributed by atoms with Crippen LogP contribution in [0.25, 0.3) is 11.4 Å². The van der Waals surface area contributed by atoms with Gasteiger partial charge in [0, 0.05) is 15.1 Å². The zero-order valence-corrected chi connectivity index (χ0v) is 13.1. The van der Waals surface area contributed by atoms with E-state index in [0.29, 0.717) is 22.5 Å². The van der Waals surface area contributed by atoms with Crippen LogP contribution < -0.4 is 4.74 Å². The van der Waals surface area contributed by atoms with E-state index in [9.17, 15) is 0 Å². The molecule has 106 valence electrons. The molecule has 1 aromatic heterocycles. The SMILES string of the molecule is Clc1cccc(OCc2nc(-c3cccc(Br)c3)no2)c1. The Bertz CT molecular complexity index is 761. The number of aromatic nitrogens is 2. The molecule has 0 radical (unpaired) electrons. The molecule has 0 fully saturated rings. The lowest BCUT2D eigenvalue weighted by Gasteiger charge is -2.02. The average Bonchev–Trinajstić information content (AvgIpc) is 2.94. The Hall–Kier alpha value is -1.85. The van der Waals surface area contributed by atoms with Crippen LogP contribution in [0.3, 0.4) is 0 Å². The topological polar surface area (TPSA) is 48.2 Å². The molecule has 0 amide bonds. The van der Waals surface area contributed by atoms with Crippen molar-refractivity contribution in [2.75, 3.05) is 0 Å². The second-order valence-corrected chi connectivity index (χ2v) is 5.62. The monoisotopic (exact) mass is 364 g/mol. The molecule has 0 aliphatic rings. The number of hydrogen-bond donors (Lipinski definition) is 0. The zero-order chi connectivity index (χ0) is 14.7. The lowest BCUT2D eigenvalue weighted by molar-refractivity contribution is 0.243. The molecule has 0 unspecified atom stereocenters. The van der Waals surface area contributed by atoms with E-state index in [2.05, 4.69) is 26.1 Å². The van der Waals surface area contributed by atoms with E-state index in [1.165, 1.54) is 0 Å². The number of benzene rings is 2. The minimum Gasteiger partial charge on any atom is -0.484 e. The van der Waals surface area contributed by atoms with E-state index in [4.69, 9.17) is 20.9 Å². The lowest BCUT2D eigenvalue weighted by atomic mass is 10.2. The van der Waals surface area contributed by atoms with Gasteiger partial charge in [-0.15, -0.1) is 0 Å². The molecular formula is C15H10BrClN2O2. The summed E-state index contributed by atoms with van der Waals surface area (Å²) in [6, 6.07) is 14.8. The van der Waals surface area contributed by atoms with Gasteiger partial charge in [-0.25, -0.2) is 0 Å². The molecule has 3 aromatic rings. The Morgan fingerprint density at radius 3 is 2.81 bits per heavy atom. The van der Waals surface area contributed by atoms with E-state index in [0.717, 1.165) is 10.0 Å². The Labute approximate surface area is 134 Å². The van der Waals surface area contributed by atoms with Gasteiger partial charge in [-0.3, -0.25) is 0 Å². The van der Waals surface area contributed by atoms with Gasteiger partial charge in [0.2, 0.25) is 5.82 Å². The molecule has 0 bridgehead atoms. The van der Waals surface area contributed by atoms with Crippen molar-refractivity contribution in [2.45, 2.75) is 6.61 Å². The summed E-state index contributed by atoms with van der Waals surface area (Å²) in [7, 11) is 0. The minimum atomic E-state index is 0.196. The van der Waals surface area contributed by atoms with Crippen molar-refractivity contribution in [1.82, 2.24) is 10.1 Å². The van der Waals surface area contributed by atoms with Gasteiger partial charge in [-0.2, -0.15) is 4.98 Å². The van der Waals surface area contributed by atoms with Crippen molar-refractivity contribution < 1.29 is 9.26 Å². The normalized spacial score (nSPS) is 10.6. The molecule has 0 atom stereocenters. The summed E-state index contributed by atoms with van der Waals surface area (Å²) in [6.07, 6.45) is 0. The maximum Gasteiger partial charge on any atom is 0.264 e. The van der Waals surface area contributed by atoms with Crippen LogP contribution in [0, 0.1) is 0 Å². The van der Waals surface area contributed by atoms with E-state index in [1.54, 1.807) is 12.1 Å². The maximum absolute atomic E-state index is 5.89. The van der Waals surface area contributed by atoms with Gasteiger partial charge in [0.25, 0.3) is 5.89 Å². The summed E-state index contributed by atoms with van der Waals surface area (Å²) in [5.74, 6) is 1.59. The first-order valence-corrected chi connectivity index (χ1v) is 7.35. The summed E-state index contributed by atoms with van der Waals surface area (Å²) in [6.45, 7) is 0.196. The largest absolute Gasteiger partial charge is 0.484 e. The fourth-order valence-corrected chi connectivity index (χ4v) is 2.34. The lowest BCUT2D eigenvalue weighted by Crippen LogP contribution is -1.95. The van der Waals surface area contributed by atoms with Gasteiger partial charge in [-0.05, 0) is 30.3 Å². The number of rotatable bonds is 4. The highest BCUT2D eigenvalue weighted by Gasteiger charge is 2.09. The van der Waals surface area contributed by atoms with Gasteiger partial charge in [0.1, 0.15) is 5.75 Å². The molecule has 0 spiro atoms. The molecule has 6 heteroatoms. The molecule has 0 saturated carbocycles. The molecule has 1 heterocycles. The van der Waals surface area contributed by atoms with Crippen LogP contribution >= 0.6 is 27.5 Å². The third-order valence-electron chi connectivity index (χ3n) is 2.71. The molecule has 21 heavy (non-hydrogen) atoms. The Kier molecular flexibility index (Phi) is 4.22. The van der Waals surface area contributed by atoms with E-state index in [-0.39, 0.29) is 6.61 Å². The second kappa shape index (κ2) is 6.28.